The molecule has 6 heteroatoms. The Hall–Kier alpha value is -1.30. The molecule has 1 saturated heterocycles. The fraction of sp³-hybridized carbons (Fsp3) is 0.800. The highest BCUT2D eigenvalue weighted by Crippen LogP contribution is 2.28. The van der Waals surface area contributed by atoms with Crippen molar-refractivity contribution >= 4 is 12.1 Å². The third-order valence-electron chi connectivity index (χ3n) is 2.31. The van der Waals surface area contributed by atoms with Crippen LogP contribution in [-0.2, 0) is 9.53 Å². The first-order valence-electron chi connectivity index (χ1n) is 5.13. The second-order valence-electron chi connectivity index (χ2n) is 4.86. The van der Waals surface area contributed by atoms with E-state index in [9.17, 15) is 14.7 Å². The third-order valence-corrected chi connectivity index (χ3v) is 2.31. The topological polar surface area (TPSA) is 87.1 Å². The summed E-state index contributed by atoms with van der Waals surface area (Å²) in [7, 11) is 0. The van der Waals surface area contributed by atoms with Crippen LogP contribution < -0.4 is 0 Å². The number of nitrogens with zero attached hydrogens (tertiary/aromatic N) is 1. The molecule has 0 radical (unpaired) electrons. The fourth-order valence-electron chi connectivity index (χ4n) is 1.59. The second-order valence-corrected chi connectivity index (χ2v) is 4.86. The van der Waals surface area contributed by atoms with Crippen LogP contribution in [0.5, 0.6) is 0 Å². The summed E-state index contributed by atoms with van der Waals surface area (Å²) in [5.74, 6) is -1.42. The molecule has 0 aromatic heterocycles. The molecule has 1 aliphatic rings. The number of likely N-dealkylation sites (tertiary alicyclic amines) is 1. The number of aliphatic carboxylic acids is 1. The van der Waals surface area contributed by atoms with Crippen LogP contribution in [0.25, 0.3) is 0 Å². The maximum absolute atomic E-state index is 11.7. The monoisotopic (exact) mass is 231 g/mol. The largest absolute Gasteiger partial charge is 0.478 e. The van der Waals surface area contributed by atoms with E-state index in [-0.39, 0.29) is 13.0 Å². The van der Waals surface area contributed by atoms with Crippen molar-refractivity contribution < 1.29 is 24.5 Å². The highest BCUT2D eigenvalue weighted by atomic mass is 16.6. The predicted molar refractivity (Wildman–Crippen MR) is 54.8 cm³/mol. The van der Waals surface area contributed by atoms with Crippen molar-refractivity contribution in [1.82, 2.24) is 4.90 Å². The normalized spacial score (nSPS) is 25.6. The Kier molecular flexibility index (Phi) is 3.14. The smallest absolute Gasteiger partial charge is 0.413 e. The van der Waals surface area contributed by atoms with Gasteiger partial charge >= 0.3 is 12.1 Å². The molecule has 6 nitrogen and oxygen atoms in total. The standard InChI is InChI=1S/C10H17NO5/c1-9(2,3)16-8(14)11-6-4-5-10(11,15)7(12)13/h15H,4-6H2,1-3H3,(H,12,13)/t10-/m0/s1. The summed E-state index contributed by atoms with van der Waals surface area (Å²) in [6, 6.07) is 0. The molecule has 0 bridgehead atoms. The molecule has 1 aliphatic heterocycles. The van der Waals surface area contributed by atoms with Crippen LogP contribution in [0.15, 0.2) is 0 Å². The molecule has 2 N–H and O–H groups in total. The van der Waals surface area contributed by atoms with Gasteiger partial charge < -0.3 is 14.9 Å². The zero-order chi connectivity index (χ0) is 12.6. The summed E-state index contributed by atoms with van der Waals surface area (Å²) in [4.78, 5) is 23.4. The van der Waals surface area contributed by atoms with Gasteiger partial charge in [-0.05, 0) is 27.2 Å². The first kappa shape index (κ1) is 12.8. The molecule has 1 amide bonds. The maximum atomic E-state index is 11.7. The number of carbonyl (C=O) groups excluding carboxylic acids is 1. The Labute approximate surface area is 93.8 Å². The van der Waals surface area contributed by atoms with E-state index in [2.05, 4.69) is 0 Å². The highest BCUT2D eigenvalue weighted by molar-refractivity contribution is 5.83. The minimum absolute atomic E-state index is 0.0293. The number of hydrogen-bond donors (Lipinski definition) is 2. The van der Waals surface area contributed by atoms with Crippen LogP contribution >= 0.6 is 0 Å². The van der Waals surface area contributed by atoms with Crippen LogP contribution in [0.4, 0.5) is 4.79 Å². The number of carboxylic acids is 1. The molecule has 0 saturated carbocycles. The zero-order valence-electron chi connectivity index (χ0n) is 9.69. The molecule has 1 heterocycles. The van der Waals surface area contributed by atoms with Crippen molar-refractivity contribution in [3.05, 3.63) is 0 Å². The van der Waals surface area contributed by atoms with E-state index in [4.69, 9.17) is 9.84 Å². The minimum Gasteiger partial charge on any atom is -0.478 e. The summed E-state index contributed by atoms with van der Waals surface area (Å²) in [5.41, 5.74) is -2.83. The van der Waals surface area contributed by atoms with Crippen LogP contribution in [-0.4, -0.2) is 45.0 Å². The quantitative estimate of drug-likeness (QED) is 0.696. The summed E-state index contributed by atoms with van der Waals surface area (Å²) >= 11 is 0. The second kappa shape index (κ2) is 3.93. The summed E-state index contributed by atoms with van der Waals surface area (Å²) < 4.78 is 5.03. The molecule has 1 rings (SSSR count). The zero-order valence-corrected chi connectivity index (χ0v) is 9.69. The first-order valence-corrected chi connectivity index (χ1v) is 5.13. The highest BCUT2D eigenvalue weighted by Gasteiger charge is 2.50. The van der Waals surface area contributed by atoms with Gasteiger partial charge in [-0.2, -0.15) is 0 Å². The molecule has 1 fully saturated rings. The average Bonchev–Trinajstić information content (AvgIpc) is 2.45. The molecule has 0 aliphatic carbocycles. The molecule has 16 heavy (non-hydrogen) atoms. The van der Waals surface area contributed by atoms with E-state index in [0.717, 1.165) is 4.90 Å². The number of carboxylic acid groups (broad SMARTS) is 1. The van der Waals surface area contributed by atoms with Crippen LogP contribution in [0, 0.1) is 0 Å². The van der Waals surface area contributed by atoms with Gasteiger partial charge in [-0.25, -0.2) is 9.59 Å². The number of rotatable bonds is 1. The van der Waals surface area contributed by atoms with Crippen molar-refractivity contribution in [2.45, 2.75) is 44.9 Å². The predicted octanol–water partition coefficient (Wildman–Crippen LogP) is 0.790. The Morgan fingerprint density at radius 1 is 1.38 bits per heavy atom. The number of hydrogen-bond acceptors (Lipinski definition) is 4. The number of aliphatic hydroxyl groups is 1. The number of ether oxygens (including phenoxy) is 1. The van der Waals surface area contributed by atoms with Gasteiger partial charge in [0.1, 0.15) is 5.60 Å². The summed E-state index contributed by atoms with van der Waals surface area (Å²) in [6.07, 6.45) is -0.321. The molecule has 1 atom stereocenters. The fourth-order valence-corrected chi connectivity index (χ4v) is 1.59. The maximum Gasteiger partial charge on any atom is 0.413 e. The Morgan fingerprint density at radius 2 is 1.94 bits per heavy atom. The third kappa shape index (κ3) is 2.44. The van der Waals surface area contributed by atoms with Crippen LogP contribution in [0.2, 0.25) is 0 Å². The van der Waals surface area contributed by atoms with Gasteiger partial charge in [0.15, 0.2) is 0 Å². The van der Waals surface area contributed by atoms with Crippen molar-refractivity contribution in [2.75, 3.05) is 6.54 Å². The summed E-state index contributed by atoms with van der Waals surface area (Å²) in [5, 5.41) is 18.7. The lowest BCUT2D eigenvalue weighted by atomic mass is 10.1. The first-order chi connectivity index (χ1) is 7.17. The van der Waals surface area contributed by atoms with E-state index in [1.54, 1.807) is 20.8 Å². The molecule has 0 aromatic carbocycles. The molecular weight excluding hydrogens is 214 g/mol. The van der Waals surface area contributed by atoms with Crippen molar-refractivity contribution in [2.24, 2.45) is 0 Å². The van der Waals surface area contributed by atoms with Crippen molar-refractivity contribution in [3.8, 4) is 0 Å². The Bertz CT molecular complexity index is 309. The number of carbonyl (C=O) groups is 2. The number of amides is 1. The van der Waals surface area contributed by atoms with E-state index < -0.39 is 23.4 Å². The molecule has 0 spiro atoms. The summed E-state index contributed by atoms with van der Waals surface area (Å²) in [6.45, 7) is 5.24. The van der Waals surface area contributed by atoms with Gasteiger partial charge in [0.25, 0.3) is 0 Å². The van der Waals surface area contributed by atoms with E-state index in [1.807, 2.05) is 0 Å². The van der Waals surface area contributed by atoms with Gasteiger partial charge in [-0.3, -0.25) is 4.90 Å². The van der Waals surface area contributed by atoms with Gasteiger partial charge in [-0.1, -0.05) is 0 Å². The average molecular weight is 231 g/mol. The molecule has 92 valence electrons. The van der Waals surface area contributed by atoms with Gasteiger partial charge in [0.05, 0.1) is 0 Å². The molecular formula is C10H17NO5. The van der Waals surface area contributed by atoms with E-state index in [0.29, 0.717) is 6.42 Å². The molecule has 0 unspecified atom stereocenters. The van der Waals surface area contributed by atoms with Gasteiger partial charge in [0.2, 0.25) is 5.72 Å². The lowest BCUT2D eigenvalue weighted by molar-refractivity contribution is -0.174. The van der Waals surface area contributed by atoms with Crippen molar-refractivity contribution in [1.29, 1.82) is 0 Å². The molecule has 0 aromatic rings. The van der Waals surface area contributed by atoms with Crippen LogP contribution in [0.1, 0.15) is 33.6 Å². The SMILES string of the molecule is CC(C)(C)OC(=O)N1CCC[C@]1(O)C(=O)O. The van der Waals surface area contributed by atoms with E-state index >= 15 is 0 Å². The van der Waals surface area contributed by atoms with Gasteiger partial charge in [-0.15, -0.1) is 0 Å². The Morgan fingerprint density at radius 3 is 2.38 bits per heavy atom. The Balaban J connectivity index is 2.80. The van der Waals surface area contributed by atoms with Gasteiger partial charge in [0, 0.05) is 13.0 Å². The lowest BCUT2D eigenvalue weighted by Crippen LogP contribution is -2.54. The van der Waals surface area contributed by atoms with Crippen molar-refractivity contribution in [3.63, 3.8) is 0 Å². The lowest BCUT2D eigenvalue weighted by Gasteiger charge is -2.31. The van der Waals surface area contributed by atoms with E-state index in [1.165, 1.54) is 0 Å². The van der Waals surface area contributed by atoms with Crippen LogP contribution in [0.3, 0.4) is 0 Å². The minimum atomic E-state index is -2.12.